The smallest absolute Gasteiger partial charge is 0.131 e. The van der Waals surface area contributed by atoms with Gasteiger partial charge in [0.1, 0.15) is 11.6 Å². The van der Waals surface area contributed by atoms with Crippen LogP contribution in [0.1, 0.15) is 18.3 Å². The van der Waals surface area contributed by atoms with Crippen LogP contribution in [0.4, 0.5) is 5.82 Å². The Morgan fingerprint density at radius 3 is 2.73 bits per heavy atom. The summed E-state index contributed by atoms with van der Waals surface area (Å²) in [4.78, 5) is 8.11. The maximum atomic E-state index is 5.58. The number of nitrogen functional groups attached to an aromatic ring is 1. The topological polar surface area (TPSA) is 77.8 Å². The van der Waals surface area contributed by atoms with Gasteiger partial charge in [0.05, 0.1) is 0 Å². The lowest BCUT2D eigenvalue weighted by Gasteiger charge is -2.01. The Labute approximate surface area is 65.6 Å². The Morgan fingerprint density at radius 1 is 1.55 bits per heavy atom. The quantitative estimate of drug-likeness (QED) is 0.629. The minimum absolute atomic E-state index is 0.399. The first-order chi connectivity index (χ1) is 5.27. The van der Waals surface area contributed by atoms with E-state index in [2.05, 4.69) is 9.97 Å². The molecular formula is C7H12N4. The number of hydrogen-bond acceptors (Lipinski definition) is 4. The van der Waals surface area contributed by atoms with E-state index in [0.29, 0.717) is 12.4 Å². The number of anilines is 1. The molecule has 0 spiro atoms. The predicted molar refractivity (Wildman–Crippen MR) is 43.7 cm³/mol. The molecule has 4 N–H and O–H groups in total. The maximum absolute atomic E-state index is 5.58. The molecule has 0 fully saturated rings. The summed E-state index contributed by atoms with van der Waals surface area (Å²) in [5, 5.41) is 0. The fourth-order valence-corrected chi connectivity index (χ4v) is 0.786. The van der Waals surface area contributed by atoms with Crippen molar-refractivity contribution in [3.05, 3.63) is 17.6 Å². The van der Waals surface area contributed by atoms with Crippen LogP contribution < -0.4 is 11.5 Å². The molecule has 1 rings (SSSR count). The second kappa shape index (κ2) is 3.30. The lowest BCUT2D eigenvalue weighted by atomic mass is 10.3. The van der Waals surface area contributed by atoms with E-state index in [1.54, 1.807) is 6.20 Å². The molecule has 1 heterocycles. The number of hydrogen-bond donors (Lipinski definition) is 2. The van der Waals surface area contributed by atoms with Crippen LogP contribution in [0.3, 0.4) is 0 Å². The monoisotopic (exact) mass is 152 g/mol. The molecule has 0 saturated heterocycles. The van der Waals surface area contributed by atoms with Gasteiger partial charge in [0.15, 0.2) is 0 Å². The van der Waals surface area contributed by atoms with Gasteiger partial charge in [0.25, 0.3) is 0 Å². The van der Waals surface area contributed by atoms with Crippen LogP contribution in [0.25, 0.3) is 0 Å². The minimum atomic E-state index is 0.399. The van der Waals surface area contributed by atoms with Gasteiger partial charge in [-0.2, -0.15) is 0 Å². The zero-order chi connectivity index (χ0) is 8.27. The van der Waals surface area contributed by atoms with E-state index in [-0.39, 0.29) is 0 Å². The Hall–Kier alpha value is -1.16. The van der Waals surface area contributed by atoms with Crippen molar-refractivity contribution in [3.8, 4) is 0 Å². The largest absolute Gasteiger partial charge is 0.383 e. The van der Waals surface area contributed by atoms with Crippen molar-refractivity contribution < 1.29 is 0 Å². The molecule has 4 nitrogen and oxygen atoms in total. The molecule has 0 amide bonds. The van der Waals surface area contributed by atoms with Gasteiger partial charge in [-0.05, 0) is 0 Å². The first-order valence-corrected chi connectivity index (χ1v) is 3.58. The molecule has 0 aliphatic rings. The van der Waals surface area contributed by atoms with Crippen molar-refractivity contribution in [2.45, 2.75) is 19.9 Å². The zero-order valence-electron chi connectivity index (χ0n) is 6.54. The third-order valence-corrected chi connectivity index (χ3v) is 1.48. The van der Waals surface area contributed by atoms with E-state index < -0.39 is 0 Å². The fraction of sp³-hybridized carbons (Fsp3) is 0.429. The Kier molecular flexibility index (Phi) is 2.38. The average Bonchev–Trinajstić information content (AvgIpc) is 2.04. The van der Waals surface area contributed by atoms with Crippen LogP contribution in [0.2, 0.25) is 0 Å². The standard InChI is InChI=1S/C7H12N4/c1-2-6-10-4-5(3-8)7(9)11-6/h4H,2-3,8H2,1H3,(H2,9,10,11). The van der Waals surface area contributed by atoms with Crippen molar-refractivity contribution in [1.29, 1.82) is 0 Å². The lowest BCUT2D eigenvalue weighted by molar-refractivity contribution is 0.914. The van der Waals surface area contributed by atoms with Gasteiger partial charge >= 0.3 is 0 Å². The first kappa shape index (κ1) is 7.94. The van der Waals surface area contributed by atoms with E-state index in [0.717, 1.165) is 17.8 Å². The van der Waals surface area contributed by atoms with Crippen LogP contribution in [-0.4, -0.2) is 9.97 Å². The van der Waals surface area contributed by atoms with Crippen molar-refractivity contribution in [3.63, 3.8) is 0 Å². The molecule has 1 aromatic heterocycles. The number of aromatic nitrogens is 2. The summed E-state index contributed by atoms with van der Waals surface area (Å²) in [6.45, 7) is 2.38. The Bertz CT molecular complexity index is 246. The molecule has 1 aromatic rings. The highest BCUT2D eigenvalue weighted by atomic mass is 14.9. The van der Waals surface area contributed by atoms with E-state index in [1.165, 1.54) is 0 Å². The number of nitrogens with zero attached hydrogens (tertiary/aromatic N) is 2. The van der Waals surface area contributed by atoms with Crippen LogP contribution in [0, 0.1) is 0 Å². The summed E-state index contributed by atoms with van der Waals surface area (Å²) < 4.78 is 0. The normalized spacial score (nSPS) is 10.0. The average molecular weight is 152 g/mol. The second-order valence-corrected chi connectivity index (χ2v) is 2.25. The van der Waals surface area contributed by atoms with Gasteiger partial charge in [-0.25, -0.2) is 9.97 Å². The zero-order valence-corrected chi connectivity index (χ0v) is 6.54. The summed E-state index contributed by atoms with van der Waals surface area (Å²) in [5.74, 6) is 1.26. The van der Waals surface area contributed by atoms with E-state index in [4.69, 9.17) is 11.5 Å². The van der Waals surface area contributed by atoms with Gasteiger partial charge in [-0.3, -0.25) is 0 Å². The van der Waals surface area contributed by atoms with Crippen LogP contribution in [-0.2, 0) is 13.0 Å². The van der Waals surface area contributed by atoms with E-state index >= 15 is 0 Å². The highest BCUT2D eigenvalue weighted by Gasteiger charge is 1.99. The number of aryl methyl sites for hydroxylation is 1. The molecule has 0 radical (unpaired) electrons. The third-order valence-electron chi connectivity index (χ3n) is 1.48. The molecule has 0 aromatic carbocycles. The molecule has 0 saturated carbocycles. The third kappa shape index (κ3) is 1.65. The van der Waals surface area contributed by atoms with Crippen LogP contribution in [0.5, 0.6) is 0 Å². The van der Waals surface area contributed by atoms with Crippen molar-refractivity contribution in [2.24, 2.45) is 5.73 Å². The highest BCUT2D eigenvalue weighted by Crippen LogP contribution is 2.05. The van der Waals surface area contributed by atoms with Crippen molar-refractivity contribution >= 4 is 5.82 Å². The number of nitrogens with two attached hydrogens (primary N) is 2. The van der Waals surface area contributed by atoms with Gasteiger partial charge in [-0.1, -0.05) is 6.92 Å². The molecule has 4 heteroatoms. The van der Waals surface area contributed by atoms with Gasteiger partial charge in [0.2, 0.25) is 0 Å². The van der Waals surface area contributed by atoms with Gasteiger partial charge < -0.3 is 11.5 Å². The highest BCUT2D eigenvalue weighted by molar-refractivity contribution is 5.37. The van der Waals surface area contributed by atoms with E-state index in [1.807, 2.05) is 6.92 Å². The maximum Gasteiger partial charge on any atom is 0.131 e. The predicted octanol–water partition coefficient (Wildman–Crippen LogP) is 0.0799. The summed E-state index contributed by atoms with van der Waals surface area (Å²) in [6.07, 6.45) is 2.48. The Balaban J connectivity index is 2.99. The number of rotatable bonds is 2. The van der Waals surface area contributed by atoms with Gasteiger partial charge in [0, 0.05) is 24.7 Å². The summed E-state index contributed by atoms with van der Waals surface area (Å²) in [6, 6.07) is 0. The molecule has 0 aliphatic heterocycles. The SMILES string of the molecule is CCc1ncc(CN)c(N)n1. The second-order valence-electron chi connectivity index (χ2n) is 2.25. The molecule has 0 bridgehead atoms. The summed E-state index contributed by atoms with van der Waals surface area (Å²) >= 11 is 0. The summed E-state index contributed by atoms with van der Waals surface area (Å²) in [7, 11) is 0. The minimum Gasteiger partial charge on any atom is -0.383 e. The molecule has 0 aliphatic carbocycles. The summed E-state index contributed by atoms with van der Waals surface area (Å²) in [5.41, 5.74) is 11.8. The molecule has 0 atom stereocenters. The van der Waals surface area contributed by atoms with E-state index in [9.17, 15) is 0 Å². The van der Waals surface area contributed by atoms with Crippen molar-refractivity contribution in [1.82, 2.24) is 9.97 Å². The fourth-order valence-electron chi connectivity index (χ4n) is 0.786. The molecular weight excluding hydrogens is 140 g/mol. The van der Waals surface area contributed by atoms with Crippen molar-refractivity contribution in [2.75, 3.05) is 5.73 Å². The molecule has 11 heavy (non-hydrogen) atoms. The first-order valence-electron chi connectivity index (χ1n) is 3.58. The molecule has 60 valence electrons. The molecule has 0 unspecified atom stereocenters. The van der Waals surface area contributed by atoms with Crippen LogP contribution in [0.15, 0.2) is 6.20 Å². The Morgan fingerprint density at radius 2 is 2.27 bits per heavy atom. The van der Waals surface area contributed by atoms with Gasteiger partial charge in [-0.15, -0.1) is 0 Å². The van der Waals surface area contributed by atoms with Crippen LogP contribution >= 0.6 is 0 Å². The lowest BCUT2D eigenvalue weighted by Crippen LogP contribution is -2.06.